The Balaban J connectivity index is 2.45. The molecule has 0 spiro atoms. The molecule has 14 heavy (non-hydrogen) atoms. The molecule has 1 aromatic heterocycles. The molecule has 5 nitrogen and oxygen atoms in total. The summed E-state index contributed by atoms with van der Waals surface area (Å²) in [5.41, 5.74) is 0. The second-order valence-corrected chi connectivity index (χ2v) is 3.43. The lowest BCUT2D eigenvalue weighted by atomic mass is 10.4. The van der Waals surface area contributed by atoms with Crippen LogP contribution in [0.25, 0.3) is 0 Å². The normalized spacial score (nSPS) is 11.1. The molecule has 1 heterocycles. The average molecular weight is 198 g/mol. The highest BCUT2D eigenvalue weighted by Gasteiger charge is 2.03. The van der Waals surface area contributed by atoms with Gasteiger partial charge in [0.05, 0.1) is 19.7 Å². The minimum absolute atomic E-state index is 0.461. The SMILES string of the molecule is COCCn1ncnc1CNC(C)C. The molecule has 0 aliphatic heterocycles. The maximum Gasteiger partial charge on any atom is 0.140 e. The summed E-state index contributed by atoms with van der Waals surface area (Å²) < 4.78 is 6.85. The molecule has 0 amide bonds. The van der Waals surface area contributed by atoms with Gasteiger partial charge in [0, 0.05) is 13.2 Å². The third-order valence-electron chi connectivity index (χ3n) is 1.87. The van der Waals surface area contributed by atoms with Crippen LogP contribution in [0.3, 0.4) is 0 Å². The van der Waals surface area contributed by atoms with E-state index in [0.717, 1.165) is 18.9 Å². The fourth-order valence-electron chi connectivity index (χ4n) is 1.08. The number of rotatable bonds is 6. The van der Waals surface area contributed by atoms with Gasteiger partial charge in [0.25, 0.3) is 0 Å². The number of methoxy groups -OCH3 is 1. The van der Waals surface area contributed by atoms with Crippen molar-refractivity contribution in [2.24, 2.45) is 0 Å². The quantitative estimate of drug-likeness (QED) is 0.720. The molecule has 0 radical (unpaired) electrons. The minimum atomic E-state index is 0.461. The standard InChI is InChI=1S/C9H18N4O/c1-8(2)10-6-9-11-7-12-13(9)4-5-14-3/h7-8,10H,4-6H2,1-3H3. The smallest absolute Gasteiger partial charge is 0.140 e. The number of hydrogen-bond acceptors (Lipinski definition) is 4. The van der Waals surface area contributed by atoms with E-state index in [1.807, 2.05) is 4.68 Å². The highest BCUT2D eigenvalue weighted by atomic mass is 16.5. The van der Waals surface area contributed by atoms with E-state index in [1.54, 1.807) is 13.4 Å². The first-order valence-electron chi connectivity index (χ1n) is 4.83. The van der Waals surface area contributed by atoms with Gasteiger partial charge in [0.1, 0.15) is 12.2 Å². The molecule has 0 saturated carbocycles. The third kappa shape index (κ3) is 3.43. The van der Waals surface area contributed by atoms with Crippen LogP contribution in [0.5, 0.6) is 0 Å². The van der Waals surface area contributed by atoms with Gasteiger partial charge in [-0.15, -0.1) is 0 Å². The number of ether oxygens (including phenoxy) is 1. The van der Waals surface area contributed by atoms with E-state index in [1.165, 1.54) is 0 Å². The molecular formula is C9H18N4O. The van der Waals surface area contributed by atoms with E-state index in [9.17, 15) is 0 Å². The molecule has 1 rings (SSSR count). The molecule has 0 bridgehead atoms. The largest absolute Gasteiger partial charge is 0.383 e. The van der Waals surface area contributed by atoms with Crippen molar-refractivity contribution in [1.82, 2.24) is 20.1 Å². The van der Waals surface area contributed by atoms with Gasteiger partial charge in [-0.05, 0) is 0 Å². The molecule has 0 fully saturated rings. The molecule has 0 atom stereocenters. The summed E-state index contributed by atoms with van der Waals surface area (Å²) >= 11 is 0. The molecule has 5 heteroatoms. The predicted octanol–water partition coefficient (Wildman–Crippen LogP) is 0.422. The summed E-state index contributed by atoms with van der Waals surface area (Å²) in [5, 5.41) is 7.42. The molecule has 0 saturated heterocycles. The average Bonchev–Trinajstić information content (AvgIpc) is 2.58. The van der Waals surface area contributed by atoms with Gasteiger partial charge in [0.2, 0.25) is 0 Å². The van der Waals surface area contributed by atoms with Gasteiger partial charge in [-0.2, -0.15) is 5.10 Å². The maximum atomic E-state index is 4.99. The first-order chi connectivity index (χ1) is 6.74. The fraction of sp³-hybridized carbons (Fsp3) is 0.778. The van der Waals surface area contributed by atoms with Crippen molar-refractivity contribution >= 4 is 0 Å². The molecule has 0 aliphatic carbocycles. The lowest BCUT2D eigenvalue weighted by Gasteiger charge is -2.08. The summed E-state index contributed by atoms with van der Waals surface area (Å²) in [6, 6.07) is 0.461. The predicted molar refractivity (Wildman–Crippen MR) is 53.9 cm³/mol. The van der Waals surface area contributed by atoms with Gasteiger partial charge in [-0.1, -0.05) is 13.8 Å². The molecule has 0 aliphatic rings. The van der Waals surface area contributed by atoms with Crippen molar-refractivity contribution < 1.29 is 4.74 Å². The molecule has 1 aromatic rings. The summed E-state index contributed by atoms with van der Waals surface area (Å²) in [6.07, 6.45) is 1.58. The number of nitrogens with one attached hydrogen (secondary N) is 1. The van der Waals surface area contributed by atoms with Crippen molar-refractivity contribution in [3.63, 3.8) is 0 Å². The van der Waals surface area contributed by atoms with Gasteiger partial charge >= 0.3 is 0 Å². The van der Waals surface area contributed by atoms with Gasteiger partial charge in [-0.3, -0.25) is 0 Å². The van der Waals surface area contributed by atoms with Crippen molar-refractivity contribution in [3.8, 4) is 0 Å². The molecule has 80 valence electrons. The third-order valence-corrected chi connectivity index (χ3v) is 1.87. The number of aromatic nitrogens is 3. The number of nitrogens with zero attached hydrogens (tertiary/aromatic N) is 3. The zero-order valence-electron chi connectivity index (χ0n) is 9.03. The first-order valence-corrected chi connectivity index (χ1v) is 4.83. The topological polar surface area (TPSA) is 52.0 Å². The van der Waals surface area contributed by atoms with Crippen LogP contribution in [-0.2, 0) is 17.8 Å². The molecule has 1 N–H and O–H groups in total. The Morgan fingerprint density at radius 2 is 2.36 bits per heavy atom. The minimum Gasteiger partial charge on any atom is -0.383 e. The van der Waals surface area contributed by atoms with Crippen molar-refractivity contribution in [3.05, 3.63) is 12.2 Å². The maximum absolute atomic E-state index is 4.99. The summed E-state index contributed by atoms with van der Waals surface area (Å²) in [7, 11) is 1.68. The van der Waals surface area contributed by atoms with E-state index in [0.29, 0.717) is 12.6 Å². The molecule has 0 aromatic carbocycles. The van der Waals surface area contributed by atoms with Crippen molar-refractivity contribution in [2.75, 3.05) is 13.7 Å². The van der Waals surface area contributed by atoms with Crippen LogP contribution in [0.2, 0.25) is 0 Å². The molecular weight excluding hydrogens is 180 g/mol. The van der Waals surface area contributed by atoms with E-state index < -0.39 is 0 Å². The van der Waals surface area contributed by atoms with Crippen LogP contribution in [0.15, 0.2) is 6.33 Å². The van der Waals surface area contributed by atoms with Crippen LogP contribution < -0.4 is 5.32 Å². The van der Waals surface area contributed by atoms with E-state index in [4.69, 9.17) is 4.74 Å². The first kappa shape index (κ1) is 11.1. The van der Waals surface area contributed by atoms with E-state index in [2.05, 4.69) is 29.2 Å². The van der Waals surface area contributed by atoms with Crippen LogP contribution >= 0.6 is 0 Å². The zero-order chi connectivity index (χ0) is 10.4. The monoisotopic (exact) mass is 198 g/mol. The second-order valence-electron chi connectivity index (χ2n) is 3.43. The summed E-state index contributed by atoms with van der Waals surface area (Å²) in [5.74, 6) is 0.954. The Kier molecular flexibility index (Phi) is 4.55. The Hall–Kier alpha value is -0.940. The van der Waals surface area contributed by atoms with Gasteiger partial charge in [0.15, 0.2) is 0 Å². The fourth-order valence-corrected chi connectivity index (χ4v) is 1.08. The van der Waals surface area contributed by atoms with E-state index in [-0.39, 0.29) is 0 Å². The van der Waals surface area contributed by atoms with Crippen molar-refractivity contribution in [1.29, 1.82) is 0 Å². The zero-order valence-corrected chi connectivity index (χ0v) is 9.03. The van der Waals surface area contributed by atoms with Crippen LogP contribution in [0, 0.1) is 0 Å². The summed E-state index contributed by atoms with van der Waals surface area (Å²) in [6.45, 7) is 6.39. The Bertz CT molecular complexity index is 259. The lowest BCUT2D eigenvalue weighted by Crippen LogP contribution is -2.24. The second kappa shape index (κ2) is 5.72. The van der Waals surface area contributed by atoms with Gasteiger partial charge < -0.3 is 10.1 Å². The highest BCUT2D eigenvalue weighted by molar-refractivity contribution is 4.84. The van der Waals surface area contributed by atoms with Crippen LogP contribution in [-0.4, -0.2) is 34.5 Å². The van der Waals surface area contributed by atoms with Crippen molar-refractivity contribution in [2.45, 2.75) is 33.0 Å². The van der Waals surface area contributed by atoms with Crippen LogP contribution in [0.4, 0.5) is 0 Å². The summed E-state index contributed by atoms with van der Waals surface area (Å²) in [4.78, 5) is 4.17. The Morgan fingerprint density at radius 3 is 3.00 bits per heavy atom. The van der Waals surface area contributed by atoms with Crippen LogP contribution in [0.1, 0.15) is 19.7 Å². The highest BCUT2D eigenvalue weighted by Crippen LogP contribution is 1.94. The number of hydrogen-bond donors (Lipinski definition) is 1. The lowest BCUT2D eigenvalue weighted by molar-refractivity contribution is 0.182. The Labute approximate surface area is 84.5 Å². The Morgan fingerprint density at radius 1 is 1.57 bits per heavy atom. The van der Waals surface area contributed by atoms with Gasteiger partial charge in [-0.25, -0.2) is 9.67 Å². The van der Waals surface area contributed by atoms with E-state index >= 15 is 0 Å². The molecule has 0 unspecified atom stereocenters.